The van der Waals surface area contributed by atoms with Crippen LogP contribution in [0.5, 0.6) is 0 Å². The molecule has 0 radical (unpaired) electrons. The second-order valence-electron chi connectivity index (χ2n) is 3.79. The van der Waals surface area contributed by atoms with Crippen LogP contribution in [-0.2, 0) is 12.8 Å². The molecule has 0 spiro atoms. The van der Waals surface area contributed by atoms with Crippen LogP contribution in [0.15, 0.2) is 18.2 Å². The third-order valence-corrected chi connectivity index (χ3v) is 2.82. The minimum Gasteiger partial charge on any atom is -0.398 e. The molecule has 0 amide bonds. The summed E-state index contributed by atoms with van der Waals surface area (Å²) in [5.41, 5.74) is 9.71. The van der Waals surface area contributed by atoms with Crippen molar-refractivity contribution in [2.75, 3.05) is 25.9 Å². The highest BCUT2D eigenvalue weighted by molar-refractivity contribution is 5.51. The summed E-state index contributed by atoms with van der Waals surface area (Å²) in [6.07, 6.45) is 2.23. The van der Waals surface area contributed by atoms with Gasteiger partial charge in [0.05, 0.1) is 0 Å². The molecule has 1 heterocycles. The second-order valence-corrected chi connectivity index (χ2v) is 3.79. The molecule has 2 heteroatoms. The van der Waals surface area contributed by atoms with Crippen molar-refractivity contribution >= 4 is 5.69 Å². The van der Waals surface area contributed by atoms with E-state index in [1.54, 1.807) is 0 Å². The van der Waals surface area contributed by atoms with Gasteiger partial charge in [0.15, 0.2) is 0 Å². The highest BCUT2D eigenvalue weighted by Gasteiger charge is 2.12. The van der Waals surface area contributed by atoms with Gasteiger partial charge in [-0.25, -0.2) is 0 Å². The van der Waals surface area contributed by atoms with E-state index in [1.807, 2.05) is 6.07 Å². The predicted molar refractivity (Wildman–Crippen MR) is 55.8 cm³/mol. The summed E-state index contributed by atoms with van der Waals surface area (Å²) in [6.45, 7) is 2.28. The van der Waals surface area contributed by atoms with E-state index in [2.05, 4.69) is 24.1 Å². The number of anilines is 1. The van der Waals surface area contributed by atoms with Crippen LogP contribution in [0.2, 0.25) is 0 Å². The van der Waals surface area contributed by atoms with E-state index < -0.39 is 0 Å². The van der Waals surface area contributed by atoms with Gasteiger partial charge in [-0.3, -0.25) is 0 Å². The second kappa shape index (κ2) is 3.38. The molecule has 1 aromatic carbocycles. The van der Waals surface area contributed by atoms with Gasteiger partial charge < -0.3 is 10.6 Å². The average molecular weight is 176 g/mol. The zero-order chi connectivity index (χ0) is 9.26. The number of likely N-dealkylation sites (N-methyl/N-ethyl adjacent to an activating group) is 1. The van der Waals surface area contributed by atoms with Gasteiger partial charge in [-0.2, -0.15) is 0 Å². The van der Waals surface area contributed by atoms with Gasteiger partial charge in [-0.1, -0.05) is 12.1 Å². The summed E-state index contributed by atoms with van der Waals surface area (Å²) >= 11 is 0. The summed E-state index contributed by atoms with van der Waals surface area (Å²) in [7, 11) is 2.17. The fraction of sp³-hybridized carbons (Fsp3) is 0.455. The number of fused-ring (bicyclic) bond motifs is 1. The molecule has 1 aliphatic rings. The minimum absolute atomic E-state index is 0.966. The van der Waals surface area contributed by atoms with E-state index in [0.717, 1.165) is 31.6 Å². The van der Waals surface area contributed by atoms with Gasteiger partial charge in [0.25, 0.3) is 0 Å². The van der Waals surface area contributed by atoms with Crippen LogP contribution >= 0.6 is 0 Å². The quantitative estimate of drug-likeness (QED) is 0.604. The molecule has 2 N–H and O–H groups in total. The first-order chi connectivity index (χ1) is 6.27. The van der Waals surface area contributed by atoms with E-state index in [4.69, 9.17) is 5.73 Å². The normalized spacial score (nSPS) is 17.9. The first kappa shape index (κ1) is 8.57. The monoisotopic (exact) mass is 176 g/mol. The summed E-state index contributed by atoms with van der Waals surface area (Å²) in [6, 6.07) is 6.26. The largest absolute Gasteiger partial charge is 0.398 e. The number of nitrogens with two attached hydrogens (primary N) is 1. The lowest BCUT2D eigenvalue weighted by atomic mass is 10.0. The van der Waals surface area contributed by atoms with Crippen molar-refractivity contribution in [1.82, 2.24) is 4.90 Å². The van der Waals surface area contributed by atoms with Gasteiger partial charge >= 0.3 is 0 Å². The third-order valence-electron chi connectivity index (χ3n) is 2.82. The lowest BCUT2D eigenvalue weighted by Crippen LogP contribution is -2.20. The molecular formula is C11H16N2. The van der Waals surface area contributed by atoms with Crippen LogP contribution in [0.1, 0.15) is 11.1 Å². The van der Waals surface area contributed by atoms with Gasteiger partial charge in [0.1, 0.15) is 0 Å². The van der Waals surface area contributed by atoms with Gasteiger partial charge in [-0.05, 0) is 37.1 Å². The Labute approximate surface area is 79.4 Å². The smallest absolute Gasteiger partial charge is 0.0349 e. The standard InChI is InChI=1S/C11H16N2/c1-13-7-5-9-3-2-4-11(12)10(9)6-8-13/h2-4H,5-8,12H2,1H3. The maximum atomic E-state index is 5.94. The van der Waals surface area contributed by atoms with E-state index in [0.29, 0.717) is 0 Å². The Bertz CT molecular complexity index is 307. The molecule has 0 atom stereocenters. The van der Waals surface area contributed by atoms with Crippen molar-refractivity contribution < 1.29 is 0 Å². The van der Waals surface area contributed by atoms with Crippen molar-refractivity contribution in [3.63, 3.8) is 0 Å². The Morgan fingerprint density at radius 1 is 1.23 bits per heavy atom. The molecule has 1 aliphatic heterocycles. The minimum atomic E-state index is 0.966. The van der Waals surface area contributed by atoms with Gasteiger partial charge in [0.2, 0.25) is 0 Å². The first-order valence-electron chi connectivity index (χ1n) is 4.82. The Hall–Kier alpha value is -1.02. The fourth-order valence-electron chi connectivity index (χ4n) is 1.92. The van der Waals surface area contributed by atoms with Crippen molar-refractivity contribution in [3.8, 4) is 0 Å². The zero-order valence-electron chi connectivity index (χ0n) is 8.09. The van der Waals surface area contributed by atoms with Crippen molar-refractivity contribution in [1.29, 1.82) is 0 Å². The molecule has 0 aromatic heterocycles. The average Bonchev–Trinajstić information content (AvgIpc) is 2.30. The van der Waals surface area contributed by atoms with Crippen LogP contribution in [0.4, 0.5) is 5.69 Å². The Morgan fingerprint density at radius 3 is 2.85 bits per heavy atom. The lowest BCUT2D eigenvalue weighted by molar-refractivity contribution is 0.352. The van der Waals surface area contributed by atoms with Gasteiger partial charge in [-0.15, -0.1) is 0 Å². The Morgan fingerprint density at radius 2 is 2.00 bits per heavy atom. The molecule has 2 nitrogen and oxygen atoms in total. The molecular weight excluding hydrogens is 160 g/mol. The van der Waals surface area contributed by atoms with Crippen LogP contribution < -0.4 is 5.73 Å². The van der Waals surface area contributed by atoms with Crippen molar-refractivity contribution in [2.24, 2.45) is 0 Å². The molecule has 13 heavy (non-hydrogen) atoms. The van der Waals surface area contributed by atoms with E-state index in [9.17, 15) is 0 Å². The lowest BCUT2D eigenvalue weighted by Gasteiger charge is -2.11. The number of hydrogen-bond acceptors (Lipinski definition) is 2. The maximum Gasteiger partial charge on any atom is 0.0349 e. The fourth-order valence-corrected chi connectivity index (χ4v) is 1.92. The topological polar surface area (TPSA) is 29.3 Å². The zero-order valence-corrected chi connectivity index (χ0v) is 8.09. The molecule has 0 bridgehead atoms. The molecule has 0 saturated carbocycles. The first-order valence-corrected chi connectivity index (χ1v) is 4.82. The molecule has 1 aromatic rings. The van der Waals surface area contributed by atoms with E-state index in [-0.39, 0.29) is 0 Å². The number of nitrogens with zero attached hydrogens (tertiary/aromatic N) is 1. The third kappa shape index (κ3) is 1.68. The SMILES string of the molecule is CN1CCc2cccc(N)c2CC1. The highest BCUT2D eigenvalue weighted by atomic mass is 15.1. The van der Waals surface area contributed by atoms with Crippen molar-refractivity contribution in [2.45, 2.75) is 12.8 Å². The van der Waals surface area contributed by atoms with Crippen LogP contribution in [0, 0.1) is 0 Å². The molecule has 70 valence electrons. The summed E-state index contributed by atoms with van der Waals surface area (Å²) in [5, 5.41) is 0. The van der Waals surface area contributed by atoms with Gasteiger partial charge in [0, 0.05) is 18.8 Å². The summed E-state index contributed by atoms with van der Waals surface area (Å²) in [4.78, 5) is 2.36. The van der Waals surface area contributed by atoms with Crippen LogP contribution in [0.3, 0.4) is 0 Å². The molecule has 0 aliphatic carbocycles. The highest BCUT2D eigenvalue weighted by Crippen LogP contribution is 2.20. The predicted octanol–water partition coefficient (Wildman–Crippen LogP) is 1.30. The number of nitrogen functional groups attached to an aromatic ring is 1. The summed E-state index contributed by atoms with van der Waals surface area (Å²) in [5.74, 6) is 0. The number of rotatable bonds is 0. The number of hydrogen-bond donors (Lipinski definition) is 1. The Kier molecular flexibility index (Phi) is 2.23. The molecule has 2 rings (SSSR count). The van der Waals surface area contributed by atoms with Crippen molar-refractivity contribution in [3.05, 3.63) is 29.3 Å². The maximum absolute atomic E-state index is 5.94. The van der Waals surface area contributed by atoms with E-state index in [1.165, 1.54) is 11.1 Å². The van der Waals surface area contributed by atoms with Crippen LogP contribution in [-0.4, -0.2) is 25.0 Å². The van der Waals surface area contributed by atoms with E-state index >= 15 is 0 Å². The molecule has 0 saturated heterocycles. The molecule has 0 fully saturated rings. The molecule has 0 unspecified atom stereocenters. The number of benzene rings is 1. The van der Waals surface area contributed by atoms with Crippen LogP contribution in [0.25, 0.3) is 0 Å². The summed E-state index contributed by atoms with van der Waals surface area (Å²) < 4.78 is 0. The Balaban J connectivity index is 2.35.